The molecule has 0 saturated carbocycles. The van der Waals surface area contributed by atoms with Crippen molar-refractivity contribution in [3.8, 4) is 0 Å². The number of rotatable bonds is 4. The van der Waals surface area contributed by atoms with Gasteiger partial charge in [-0.3, -0.25) is 19.5 Å². The summed E-state index contributed by atoms with van der Waals surface area (Å²) in [5, 5.41) is 3.47. The van der Waals surface area contributed by atoms with Gasteiger partial charge in [-0.1, -0.05) is 30.0 Å². The summed E-state index contributed by atoms with van der Waals surface area (Å²) in [5.41, 5.74) is 1.97. The van der Waals surface area contributed by atoms with E-state index in [1.165, 1.54) is 16.7 Å². The van der Waals surface area contributed by atoms with Gasteiger partial charge in [-0.2, -0.15) is 0 Å². The molecule has 134 valence electrons. The number of amides is 2. The Kier molecular flexibility index (Phi) is 4.84. The minimum atomic E-state index is -0.249. The lowest BCUT2D eigenvalue weighted by Gasteiger charge is -2.22. The molecule has 1 aromatic carbocycles. The van der Waals surface area contributed by atoms with Crippen LogP contribution in [0.1, 0.15) is 16.1 Å². The van der Waals surface area contributed by atoms with Crippen molar-refractivity contribution in [2.75, 3.05) is 11.4 Å². The van der Waals surface area contributed by atoms with Crippen molar-refractivity contribution in [1.29, 1.82) is 0 Å². The molecule has 27 heavy (non-hydrogen) atoms. The summed E-state index contributed by atoms with van der Waals surface area (Å²) in [6.07, 6.45) is 3.34. The largest absolute Gasteiger partial charge is 0.349 e. The molecule has 3 aromatic rings. The third-order valence-corrected chi connectivity index (χ3v) is 5.19. The number of hydrogen-bond acceptors (Lipinski definition) is 5. The molecule has 2 aromatic heterocycles. The fourth-order valence-corrected chi connectivity index (χ4v) is 3.83. The van der Waals surface area contributed by atoms with Crippen LogP contribution < -0.4 is 10.2 Å². The Morgan fingerprint density at radius 1 is 1.00 bits per heavy atom. The van der Waals surface area contributed by atoms with Gasteiger partial charge in [0.2, 0.25) is 5.91 Å². The van der Waals surface area contributed by atoms with E-state index >= 15 is 0 Å². The Bertz CT molecular complexity index is 994. The quantitative estimate of drug-likeness (QED) is 0.758. The zero-order chi connectivity index (χ0) is 18.6. The Morgan fingerprint density at radius 3 is 2.67 bits per heavy atom. The molecule has 0 unspecified atom stereocenters. The van der Waals surface area contributed by atoms with Gasteiger partial charge >= 0.3 is 0 Å². The van der Waals surface area contributed by atoms with E-state index < -0.39 is 0 Å². The van der Waals surface area contributed by atoms with Crippen LogP contribution in [0.2, 0.25) is 0 Å². The maximum atomic E-state index is 13.1. The Hall–Kier alpha value is -3.19. The van der Waals surface area contributed by atoms with Crippen molar-refractivity contribution < 1.29 is 9.59 Å². The number of fused-ring (bicyclic) bond motifs is 2. The summed E-state index contributed by atoms with van der Waals surface area (Å²) < 4.78 is 0. The number of carbonyl (C=O) groups is 2. The number of hydrogen-bond donors (Lipinski definition) is 1. The molecule has 1 aliphatic rings. The van der Waals surface area contributed by atoms with Crippen LogP contribution in [0, 0.1) is 0 Å². The van der Waals surface area contributed by atoms with Crippen molar-refractivity contribution >= 4 is 29.3 Å². The molecule has 0 radical (unpaired) electrons. The molecule has 0 fully saturated rings. The smallest absolute Gasteiger partial charge is 0.261 e. The van der Waals surface area contributed by atoms with Gasteiger partial charge in [-0.05, 0) is 36.4 Å². The third-order valence-electron chi connectivity index (χ3n) is 4.10. The number of carbonyl (C=O) groups excluding carboxylic acids is 2. The van der Waals surface area contributed by atoms with Gasteiger partial charge in [-0.25, -0.2) is 4.98 Å². The van der Waals surface area contributed by atoms with Gasteiger partial charge < -0.3 is 5.32 Å². The van der Waals surface area contributed by atoms with Gasteiger partial charge in [0.05, 0.1) is 23.5 Å². The number of nitrogens with zero attached hydrogens (tertiary/aromatic N) is 3. The van der Waals surface area contributed by atoms with E-state index in [1.54, 1.807) is 24.5 Å². The van der Waals surface area contributed by atoms with Gasteiger partial charge in [-0.15, -0.1) is 0 Å². The maximum Gasteiger partial charge on any atom is 0.261 e. The molecule has 1 aliphatic heterocycles. The van der Waals surface area contributed by atoms with Crippen LogP contribution in [0.3, 0.4) is 0 Å². The minimum absolute atomic E-state index is 0.0719. The normalized spacial score (nSPS) is 12.7. The first kappa shape index (κ1) is 17.2. The molecular formula is C20H16N4O2S. The highest BCUT2D eigenvalue weighted by atomic mass is 32.2. The number of pyridine rings is 2. The lowest BCUT2D eigenvalue weighted by atomic mass is 10.2. The average Bonchev–Trinajstić information content (AvgIpc) is 2.82. The molecule has 6 nitrogen and oxygen atoms in total. The summed E-state index contributed by atoms with van der Waals surface area (Å²) >= 11 is 1.43. The second kappa shape index (κ2) is 7.59. The van der Waals surface area contributed by atoms with Crippen molar-refractivity contribution in [1.82, 2.24) is 15.3 Å². The Labute approximate surface area is 160 Å². The van der Waals surface area contributed by atoms with Crippen molar-refractivity contribution in [3.05, 3.63) is 78.2 Å². The second-order valence-corrected chi connectivity index (χ2v) is 6.95. The van der Waals surface area contributed by atoms with Crippen molar-refractivity contribution in [2.45, 2.75) is 16.5 Å². The second-order valence-electron chi connectivity index (χ2n) is 5.92. The molecule has 1 N–H and O–H groups in total. The van der Waals surface area contributed by atoms with Crippen LogP contribution in [0.25, 0.3) is 0 Å². The summed E-state index contributed by atoms with van der Waals surface area (Å²) in [6.45, 7) is 0.244. The minimum Gasteiger partial charge on any atom is -0.349 e. The molecule has 0 saturated heterocycles. The summed E-state index contributed by atoms with van der Waals surface area (Å²) in [4.78, 5) is 36.5. The van der Waals surface area contributed by atoms with Crippen LogP contribution >= 0.6 is 11.8 Å². The number of nitrogens with one attached hydrogen (secondary N) is 1. The maximum absolute atomic E-state index is 13.1. The van der Waals surface area contributed by atoms with Crippen molar-refractivity contribution in [2.24, 2.45) is 0 Å². The van der Waals surface area contributed by atoms with Crippen LogP contribution in [0.15, 0.2) is 76.9 Å². The molecule has 0 spiro atoms. The molecule has 0 atom stereocenters. The summed E-state index contributed by atoms with van der Waals surface area (Å²) in [6, 6.07) is 16.5. The van der Waals surface area contributed by atoms with E-state index in [-0.39, 0.29) is 18.4 Å². The molecular weight excluding hydrogens is 360 g/mol. The predicted octanol–water partition coefficient (Wildman–Crippen LogP) is 2.90. The van der Waals surface area contributed by atoms with Crippen LogP contribution in [0.5, 0.6) is 0 Å². The van der Waals surface area contributed by atoms with Gasteiger partial charge in [0.15, 0.2) is 0 Å². The van der Waals surface area contributed by atoms with Gasteiger partial charge in [0.1, 0.15) is 11.6 Å². The van der Waals surface area contributed by atoms with Crippen LogP contribution in [-0.2, 0) is 11.3 Å². The average molecular weight is 376 g/mol. The Balaban J connectivity index is 1.59. The number of aromatic nitrogens is 2. The summed E-state index contributed by atoms with van der Waals surface area (Å²) in [5.74, 6) is -0.482. The lowest BCUT2D eigenvalue weighted by Crippen LogP contribution is -2.40. The highest BCUT2D eigenvalue weighted by Gasteiger charge is 2.29. The van der Waals surface area contributed by atoms with Crippen LogP contribution in [0.4, 0.5) is 5.69 Å². The monoisotopic (exact) mass is 376 g/mol. The number of anilines is 1. The van der Waals surface area contributed by atoms with E-state index in [0.717, 1.165) is 10.6 Å². The molecule has 4 rings (SSSR count). The van der Waals surface area contributed by atoms with E-state index in [4.69, 9.17) is 0 Å². The van der Waals surface area contributed by atoms with Gasteiger partial charge in [0.25, 0.3) is 5.91 Å². The van der Waals surface area contributed by atoms with Crippen LogP contribution in [-0.4, -0.2) is 28.3 Å². The predicted molar refractivity (Wildman–Crippen MR) is 103 cm³/mol. The van der Waals surface area contributed by atoms with Crippen molar-refractivity contribution in [3.63, 3.8) is 0 Å². The van der Waals surface area contributed by atoms with E-state index in [9.17, 15) is 9.59 Å². The lowest BCUT2D eigenvalue weighted by molar-refractivity contribution is -0.119. The van der Waals surface area contributed by atoms with E-state index in [2.05, 4.69) is 15.3 Å². The molecule has 0 aliphatic carbocycles. The zero-order valence-corrected chi connectivity index (χ0v) is 15.1. The first-order valence-electron chi connectivity index (χ1n) is 8.43. The highest BCUT2D eigenvalue weighted by Crippen LogP contribution is 2.39. The fourth-order valence-electron chi connectivity index (χ4n) is 2.81. The molecule has 7 heteroatoms. The molecule has 3 heterocycles. The topological polar surface area (TPSA) is 75.2 Å². The van der Waals surface area contributed by atoms with E-state index in [0.29, 0.717) is 22.8 Å². The SMILES string of the molecule is O=C(CN1C(=O)c2cccnc2Sc2ccccc21)NCc1ccccn1. The Morgan fingerprint density at radius 2 is 1.81 bits per heavy atom. The first-order valence-corrected chi connectivity index (χ1v) is 9.24. The number of para-hydroxylation sites is 1. The van der Waals surface area contributed by atoms with Gasteiger partial charge in [0, 0.05) is 17.3 Å². The fraction of sp³-hybridized carbons (Fsp3) is 0.100. The highest BCUT2D eigenvalue weighted by molar-refractivity contribution is 7.99. The molecule has 0 bridgehead atoms. The number of benzene rings is 1. The molecule has 2 amide bonds. The third kappa shape index (κ3) is 3.68. The van der Waals surface area contributed by atoms with E-state index in [1.807, 2.05) is 42.5 Å². The standard InChI is InChI=1S/C20H16N4O2S/c25-18(23-12-14-6-3-4-10-21-14)13-24-16-8-1-2-9-17(16)27-19-15(20(24)26)7-5-11-22-19/h1-11H,12-13H2,(H,23,25). The first-order chi connectivity index (χ1) is 13.2. The summed E-state index contributed by atoms with van der Waals surface area (Å²) in [7, 11) is 0. The zero-order valence-electron chi connectivity index (χ0n) is 14.3.